The summed E-state index contributed by atoms with van der Waals surface area (Å²) in [6.45, 7) is 2.02. The zero-order valence-corrected chi connectivity index (χ0v) is 20.5. The van der Waals surface area contributed by atoms with Crippen molar-refractivity contribution in [1.29, 1.82) is 0 Å². The standard InChI is InChI=1S/C27H27N7O3/c1-32(17-7-15-25-31-34(37)24-14-5-4-13-23(24)33(25)36)18-8-16-28-27(35)19-9-6-12-22-26(19)30-21-11-3-2-10-20(21)29-22/h2-6,9-14H,7-8,15-18H2,1H3,(H,28,35). The van der Waals surface area contributed by atoms with Gasteiger partial charge in [-0.15, -0.1) is 0 Å². The van der Waals surface area contributed by atoms with Crippen LogP contribution < -0.4 is 9.86 Å². The molecule has 0 aliphatic carbocycles. The van der Waals surface area contributed by atoms with Gasteiger partial charge in [-0.05, 0) is 63.3 Å². The summed E-state index contributed by atoms with van der Waals surface area (Å²) in [5.74, 6) is 0.0338. The van der Waals surface area contributed by atoms with Crippen molar-refractivity contribution in [1.82, 2.24) is 30.0 Å². The lowest BCUT2D eigenvalue weighted by molar-refractivity contribution is -0.538. The van der Waals surface area contributed by atoms with E-state index in [0.29, 0.717) is 46.0 Å². The first-order valence-corrected chi connectivity index (χ1v) is 12.2. The van der Waals surface area contributed by atoms with Crippen molar-refractivity contribution in [2.45, 2.75) is 19.3 Å². The van der Waals surface area contributed by atoms with E-state index in [1.165, 1.54) is 0 Å². The van der Waals surface area contributed by atoms with E-state index in [0.717, 1.165) is 35.3 Å². The van der Waals surface area contributed by atoms with E-state index in [2.05, 4.69) is 25.3 Å². The van der Waals surface area contributed by atoms with Crippen molar-refractivity contribution in [3.8, 4) is 0 Å². The minimum Gasteiger partial charge on any atom is -0.804 e. The molecule has 1 amide bonds. The molecule has 0 radical (unpaired) electrons. The molecule has 0 aliphatic heterocycles. The first-order valence-electron chi connectivity index (χ1n) is 12.2. The molecule has 5 aromatic rings. The molecule has 2 aromatic heterocycles. The summed E-state index contributed by atoms with van der Waals surface area (Å²) in [6.07, 6.45) is 1.84. The maximum Gasteiger partial charge on any atom is 0.318 e. The molecule has 0 fully saturated rings. The third-order valence-electron chi connectivity index (χ3n) is 6.30. The Kier molecular flexibility index (Phi) is 7.00. The second-order valence-electron chi connectivity index (χ2n) is 8.97. The van der Waals surface area contributed by atoms with Crippen molar-refractivity contribution in [2.75, 3.05) is 26.7 Å². The van der Waals surface area contributed by atoms with Crippen molar-refractivity contribution in [2.24, 2.45) is 0 Å². The number of fused-ring (bicyclic) bond motifs is 3. The number of rotatable bonds is 9. The van der Waals surface area contributed by atoms with E-state index >= 15 is 0 Å². The molecular formula is C27H27N7O3. The minimum absolute atomic E-state index is 0.175. The number of carbonyl (C=O) groups excluding carboxylic acids is 1. The van der Waals surface area contributed by atoms with Gasteiger partial charge < -0.3 is 20.2 Å². The SMILES string of the molecule is CN(CCCNC(=O)c1cccc2nc3ccccc3nc12)CCCc1n[n+](=O)c2ccccc2n1[O-]. The van der Waals surface area contributed by atoms with Crippen LogP contribution in [0.4, 0.5) is 0 Å². The van der Waals surface area contributed by atoms with Crippen molar-refractivity contribution >= 4 is 39.0 Å². The second-order valence-corrected chi connectivity index (χ2v) is 8.97. The van der Waals surface area contributed by atoms with Gasteiger partial charge in [-0.25, -0.2) is 9.97 Å². The average Bonchev–Trinajstić information content (AvgIpc) is 2.92. The quantitative estimate of drug-likeness (QED) is 0.189. The lowest BCUT2D eigenvalue weighted by Crippen LogP contribution is -2.29. The zero-order valence-electron chi connectivity index (χ0n) is 20.5. The molecule has 2 heterocycles. The van der Waals surface area contributed by atoms with Crippen LogP contribution >= 0.6 is 0 Å². The predicted molar refractivity (Wildman–Crippen MR) is 142 cm³/mol. The number of amides is 1. The largest absolute Gasteiger partial charge is 0.804 e. The molecule has 5 rings (SSSR count). The van der Waals surface area contributed by atoms with Gasteiger partial charge in [-0.2, -0.15) is 0 Å². The Morgan fingerprint density at radius 3 is 2.49 bits per heavy atom. The Labute approximate surface area is 212 Å². The molecule has 1 N–H and O–H groups in total. The third kappa shape index (κ3) is 5.24. The second kappa shape index (κ2) is 10.7. The highest BCUT2D eigenvalue weighted by Gasteiger charge is 2.14. The van der Waals surface area contributed by atoms with Crippen LogP contribution in [0.3, 0.4) is 0 Å². The minimum atomic E-state index is -0.175. The lowest BCUT2D eigenvalue weighted by atomic mass is 10.1. The summed E-state index contributed by atoms with van der Waals surface area (Å²) in [6, 6.07) is 19.7. The number of hydrogen-bond acceptors (Lipinski definition) is 7. The Bertz CT molecular complexity index is 1650. The smallest absolute Gasteiger partial charge is 0.318 e. The van der Waals surface area contributed by atoms with Gasteiger partial charge >= 0.3 is 5.52 Å². The van der Waals surface area contributed by atoms with Crippen LogP contribution in [0.2, 0.25) is 0 Å². The summed E-state index contributed by atoms with van der Waals surface area (Å²) in [5, 5.41) is 19.4. The highest BCUT2D eigenvalue weighted by Crippen LogP contribution is 2.19. The molecule has 37 heavy (non-hydrogen) atoms. The fraction of sp³-hybridized carbons (Fsp3) is 0.259. The summed E-state index contributed by atoms with van der Waals surface area (Å²) in [5.41, 5.74) is 3.91. The molecule has 0 aliphatic rings. The van der Waals surface area contributed by atoms with E-state index in [4.69, 9.17) is 0 Å². The molecule has 0 atom stereocenters. The normalized spacial score (nSPS) is 11.5. The zero-order chi connectivity index (χ0) is 25.8. The molecule has 0 spiro atoms. The number of para-hydroxylation sites is 5. The first-order chi connectivity index (χ1) is 18.0. The van der Waals surface area contributed by atoms with Crippen LogP contribution in [-0.4, -0.2) is 57.3 Å². The molecule has 3 aromatic carbocycles. The maximum atomic E-state index is 12.9. The number of aromatic nitrogens is 5. The summed E-state index contributed by atoms with van der Waals surface area (Å²) in [4.78, 5) is 36.4. The molecule has 10 nitrogen and oxygen atoms in total. The fourth-order valence-corrected chi connectivity index (χ4v) is 4.38. The molecule has 10 heteroatoms. The van der Waals surface area contributed by atoms with Crippen LogP contribution in [0.25, 0.3) is 33.1 Å². The first kappa shape index (κ1) is 24.3. The van der Waals surface area contributed by atoms with Gasteiger partial charge in [0.25, 0.3) is 5.91 Å². The topological polar surface area (TPSA) is 122 Å². The van der Waals surface area contributed by atoms with E-state index in [-0.39, 0.29) is 17.2 Å². The van der Waals surface area contributed by atoms with Gasteiger partial charge in [0.05, 0.1) is 32.1 Å². The van der Waals surface area contributed by atoms with E-state index in [1.807, 2.05) is 43.4 Å². The number of benzene rings is 3. The lowest BCUT2D eigenvalue weighted by Gasteiger charge is -2.18. The number of hydrogen-bond donors (Lipinski definition) is 1. The van der Waals surface area contributed by atoms with Crippen molar-refractivity contribution in [3.05, 3.63) is 88.2 Å². The monoisotopic (exact) mass is 497 g/mol. The summed E-state index contributed by atoms with van der Waals surface area (Å²) < 4.78 is 1.25. The highest BCUT2D eigenvalue weighted by molar-refractivity contribution is 6.06. The molecule has 0 saturated heterocycles. The Balaban J connectivity index is 1.11. The summed E-state index contributed by atoms with van der Waals surface area (Å²) in [7, 11) is 1.99. The van der Waals surface area contributed by atoms with Crippen molar-refractivity contribution in [3.63, 3.8) is 0 Å². The molecule has 0 unspecified atom stereocenters. The average molecular weight is 498 g/mol. The summed E-state index contributed by atoms with van der Waals surface area (Å²) >= 11 is 0. The van der Waals surface area contributed by atoms with Crippen LogP contribution in [0.5, 0.6) is 0 Å². The van der Waals surface area contributed by atoms with E-state index in [1.54, 1.807) is 30.3 Å². The van der Waals surface area contributed by atoms with Gasteiger partial charge in [0.1, 0.15) is 11.0 Å². The Hall–Kier alpha value is -4.44. The van der Waals surface area contributed by atoms with Gasteiger partial charge in [-0.3, -0.25) is 4.79 Å². The Morgan fingerprint density at radius 2 is 1.65 bits per heavy atom. The fourth-order valence-electron chi connectivity index (χ4n) is 4.38. The number of nitrogens with one attached hydrogen (secondary N) is 1. The number of nitrogens with zero attached hydrogens (tertiary/aromatic N) is 6. The van der Waals surface area contributed by atoms with E-state index < -0.39 is 0 Å². The van der Waals surface area contributed by atoms with Crippen LogP contribution in [-0.2, 0) is 6.42 Å². The molecular weight excluding hydrogens is 470 g/mol. The van der Waals surface area contributed by atoms with Gasteiger partial charge in [-0.1, -0.05) is 30.3 Å². The van der Waals surface area contributed by atoms with Gasteiger partial charge in [0.15, 0.2) is 10.4 Å². The van der Waals surface area contributed by atoms with Crippen LogP contribution in [0.15, 0.2) is 66.7 Å². The van der Waals surface area contributed by atoms with Crippen molar-refractivity contribution < 1.29 is 9.34 Å². The Morgan fingerprint density at radius 1 is 0.946 bits per heavy atom. The molecule has 0 saturated carbocycles. The molecule has 0 bridgehead atoms. The highest BCUT2D eigenvalue weighted by atomic mass is 16.5. The van der Waals surface area contributed by atoms with E-state index in [9.17, 15) is 14.9 Å². The van der Waals surface area contributed by atoms with Crippen LogP contribution in [0.1, 0.15) is 29.0 Å². The third-order valence-corrected chi connectivity index (χ3v) is 6.30. The number of aryl methyl sites for hydroxylation is 1. The van der Waals surface area contributed by atoms with Gasteiger partial charge in [0.2, 0.25) is 0 Å². The predicted octanol–water partition coefficient (Wildman–Crippen LogP) is 3.08. The van der Waals surface area contributed by atoms with Crippen LogP contribution in [0, 0.1) is 10.1 Å². The molecule has 188 valence electrons. The maximum absolute atomic E-state index is 12.9. The van der Waals surface area contributed by atoms with Gasteiger partial charge in [0, 0.05) is 19.0 Å². The number of carbonyl (C=O) groups is 1.